The van der Waals surface area contributed by atoms with Gasteiger partial charge in [-0.3, -0.25) is 15.6 Å². The van der Waals surface area contributed by atoms with Gasteiger partial charge in [-0.05, 0) is 29.8 Å². The minimum absolute atomic E-state index is 0.278. The van der Waals surface area contributed by atoms with E-state index in [1.54, 1.807) is 31.4 Å². The molecule has 9 nitrogen and oxygen atoms in total. The van der Waals surface area contributed by atoms with Gasteiger partial charge in [0, 0.05) is 6.54 Å². The van der Waals surface area contributed by atoms with Crippen LogP contribution >= 0.6 is 0 Å². The molecule has 0 atom stereocenters. The van der Waals surface area contributed by atoms with E-state index in [0.29, 0.717) is 23.7 Å². The molecule has 0 radical (unpaired) electrons. The third-order valence-electron chi connectivity index (χ3n) is 4.15. The summed E-state index contributed by atoms with van der Waals surface area (Å²) in [5, 5.41) is 3.16. The Bertz CT molecular complexity index is 978. The summed E-state index contributed by atoms with van der Waals surface area (Å²) in [6, 6.07) is 14.5. The molecule has 2 aromatic carbocycles. The molecule has 1 amide bonds. The van der Waals surface area contributed by atoms with Crippen LogP contribution in [0.2, 0.25) is 0 Å². The Balaban J connectivity index is 1.64. The van der Waals surface area contributed by atoms with Crippen LogP contribution in [0, 0.1) is 0 Å². The normalized spacial score (nSPS) is 10.1. The molecule has 0 fully saturated rings. The lowest BCUT2D eigenvalue weighted by Crippen LogP contribution is -2.30. The van der Waals surface area contributed by atoms with Gasteiger partial charge in [0.15, 0.2) is 11.6 Å². The zero-order valence-electron chi connectivity index (χ0n) is 16.1. The fraction of sp³-hybridized carbons (Fsp3) is 0.150. The second-order valence-corrected chi connectivity index (χ2v) is 5.97. The molecule has 3 aromatic rings. The van der Waals surface area contributed by atoms with Crippen molar-refractivity contribution < 1.29 is 14.3 Å². The molecular formula is C20H22N6O3. The molecule has 0 unspecified atom stereocenters. The molecule has 3 rings (SSSR count). The number of hydrazine groups is 1. The third-order valence-corrected chi connectivity index (χ3v) is 4.15. The predicted molar refractivity (Wildman–Crippen MR) is 111 cm³/mol. The Morgan fingerprint density at radius 3 is 2.45 bits per heavy atom. The highest BCUT2D eigenvalue weighted by Gasteiger charge is 2.13. The number of methoxy groups -OCH3 is 2. The van der Waals surface area contributed by atoms with E-state index in [4.69, 9.17) is 15.2 Å². The zero-order chi connectivity index (χ0) is 20.6. The Labute approximate surface area is 168 Å². The molecule has 0 aliphatic rings. The molecule has 0 saturated heterocycles. The quantitative estimate of drug-likeness (QED) is 0.430. The van der Waals surface area contributed by atoms with Crippen molar-refractivity contribution >= 4 is 23.2 Å². The molecule has 29 heavy (non-hydrogen) atoms. The average Bonchev–Trinajstić information content (AvgIpc) is 2.77. The standard InChI is InChI=1S/C20H22N6O3/c1-28-14-9-7-13(8-10-14)11-22-18-17(21)19(24-12-23-18)25-26-20(27)15-5-3-4-6-16(15)29-2/h3-10,12H,11,21H2,1-2H3,(H,26,27)(H2,22,23,24,25). The van der Waals surface area contributed by atoms with Gasteiger partial charge in [0.1, 0.15) is 23.5 Å². The first-order valence-corrected chi connectivity index (χ1v) is 8.79. The van der Waals surface area contributed by atoms with Crippen LogP contribution in [0.5, 0.6) is 11.5 Å². The molecule has 0 aliphatic heterocycles. The second kappa shape index (κ2) is 9.27. The number of hydrogen-bond donors (Lipinski definition) is 4. The van der Waals surface area contributed by atoms with E-state index in [0.717, 1.165) is 11.3 Å². The SMILES string of the molecule is COc1ccc(CNc2ncnc(NNC(=O)c3ccccc3OC)c2N)cc1. The van der Waals surface area contributed by atoms with Crippen LogP contribution < -0.4 is 31.4 Å². The van der Waals surface area contributed by atoms with Gasteiger partial charge in [0.2, 0.25) is 0 Å². The first-order valence-electron chi connectivity index (χ1n) is 8.79. The minimum atomic E-state index is -0.381. The lowest BCUT2D eigenvalue weighted by atomic mass is 10.2. The van der Waals surface area contributed by atoms with Crippen molar-refractivity contribution in [2.45, 2.75) is 6.54 Å². The Morgan fingerprint density at radius 1 is 1.00 bits per heavy atom. The summed E-state index contributed by atoms with van der Waals surface area (Å²) in [5.41, 5.74) is 13.1. The molecule has 5 N–H and O–H groups in total. The first-order chi connectivity index (χ1) is 14.1. The van der Waals surface area contributed by atoms with Crippen LogP contribution in [0.4, 0.5) is 17.3 Å². The van der Waals surface area contributed by atoms with Gasteiger partial charge in [-0.2, -0.15) is 0 Å². The maximum absolute atomic E-state index is 12.4. The van der Waals surface area contributed by atoms with E-state index in [9.17, 15) is 4.79 Å². The van der Waals surface area contributed by atoms with Crippen molar-refractivity contribution in [3.05, 3.63) is 66.0 Å². The largest absolute Gasteiger partial charge is 0.497 e. The van der Waals surface area contributed by atoms with Crippen LogP contribution in [0.1, 0.15) is 15.9 Å². The fourth-order valence-corrected chi connectivity index (χ4v) is 2.58. The molecule has 150 valence electrons. The van der Waals surface area contributed by atoms with Crippen LogP contribution in [-0.2, 0) is 6.54 Å². The highest BCUT2D eigenvalue weighted by atomic mass is 16.5. The van der Waals surface area contributed by atoms with Crippen LogP contribution in [0.25, 0.3) is 0 Å². The van der Waals surface area contributed by atoms with Crippen molar-refractivity contribution in [1.82, 2.24) is 15.4 Å². The topological polar surface area (TPSA) is 123 Å². The number of nitrogen functional groups attached to an aromatic ring is 1. The van der Waals surface area contributed by atoms with E-state index in [2.05, 4.69) is 26.1 Å². The number of amides is 1. The number of carbonyl (C=O) groups is 1. The first kappa shape index (κ1) is 19.7. The van der Waals surface area contributed by atoms with Gasteiger partial charge in [-0.1, -0.05) is 24.3 Å². The van der Waals surface area contributed by atoms with Gasteiger partial charge < -0.3 is 20.5 Å². The second-order valence-electron chi connectivity index (χ2n) is 5.97. The summed E-state index contributed by atoms with van der Waals surface area (Å²) in [5.74, 6) is 1.59. The minimum Gasteiger partial charge on any atom is -0.497 e. The summed E-state index contributed by atoms with van der Waals surface area (Å²) in [6.07, 6.45) is 1.35. The molecule has 0 spiro atoms. The number of carbonyl (C=O) groups excluding carboxylic acids is 1. The number of anilines is 3. The van der Waals surface area contributed by atoms with Crippen LogP contribution in [0.15, 0.2) is 54.9 Å². The Hall–Kier alpha value is -4.01. The summed E-state index contributed by atoms with van der Waals surface area (Å²) in [6.45, 7) is 0.512. The van der Waals surface area contributed by atoms with Gasteiger partial charge in [-0.15, -0.1) is 0 Å². The Kier molecular flexibility index (Phi) is 6.31. The van der Waals surface area contributed by atoms with Crippen molar-refractivity contribution in [3.63, 3.8) is 0 Å². The predicted octanol–water partition coefficient (Wildman–Crippen LogP) is 2.45. The highest BCUT2D eigenvalue weighted by molar-refractivity contribution is 5.97. The average molecular weight is 394 g/mol. The maximum atomic E-state index is 12.4. The van der Waals surface area contributed by atoms with Crippen molar-refractivity contribution in [2.24, 2.45) is 0 Å². The monoisotopic (exact) mass is 394 g/mol. The number of benzene rings is 2. The summed E-state index contributed by atoms with van der Waals surface area (Å²) < 4.78 is 10.3. The summed E-state index contributed by atoms with van der Waals surface area (Å²) in [4.78, 5) is 20.6. The number of hydrogen-bond acceptors (Lipinski definition) is 8. The van der Waals surface area contributed by atoms with E-state index in [1.807, 2.05) is 24.3 Å². The Morgan fingerprint density at radius 2 is 1.72 bits per heavy atom. The number of nitrogens with one attached hydrogen (secondary N) is 3. The molecule has 0 saturated carbocycles. The number of ether oxygens (including phenoxy) is 2. The number of aromatic nitrogens is 2. The van der Waals surface area contributed by atoms with Crippen molar-refractivity contribution in [1.29, 1.82) is 0 Å². The molecule has 1 heterocycles. The lowest BCUT2D eigenvalue weighted by molar-refractivity contribution is 0.0959. The molecule has 1 aromatic heterocycles. The summed E-state index contributed by atoms with van der Waals surface area (Å²) >= 11 is 0. The zero-order valence-corrected chi connectivity index (χ0v) is 16.1. The van der Waals surface area contributed by atoms with Gasteiger partial charge >= 0.3 is 0 Å². The fourth-order valence-electron chi connectivity index (χ4n) is 2.58. The van der Waals surface area contributed by atoms with Crippen molar-refractivity contribution in [2.75, 3.05) is 30.7 Å². The summed E-state index contributed by atoms with van der Waals surface area (Å²) in [7, 11) is 3.12. The number of rotatable bonds is 8. The smallest absolute Gasteiger partial charge is 0.273 e. The van der Waals surface area contributed by atoms with Crippen LogP contribution in [0.3, 0.4) is 0 Å². The maximum Gasteiger partial charge on any atom is 0.273 e. The lowest BCUT2D eigenvalue weighted by Gasteiger charge is -2.14. The molecule has 0 bridgehead atoms. The van der Waals surface area contributed by atoms with Gasteiger partial charge in [0.25, 0.3) is 5.91 Å². The van der Waals surface area contributed by atoms with Crippen LogP contribution in [-0.4, -0.2) is 30.1 Å². The molecule has 0 aliphatic carbocycles. The van der Waals surface area contributed by atoms with Gasteiger partial charge in [0.05, 0.1) is 19.8 Å². The van der Waals surface area contributed by atoms with Gasteiger partial charge in [-0.25, -0.2) is 9.97 Å². The molecular weight excluding hydrogens is 372 g/mol. The molecule has 9 heteroatoms. The third kappa shape index (κ3) is 4.83. The highest BCUT2D eigenvalue weighted by Crippen LogP contribution is 2.23. The van der Waals surface area contributed by atoms with E-state index in [-0.39, 0.29) is 17.4 Å². The van der Waals surface area contributed by atoms with E-state index in [1.165, 1.54) is 13.4 Å². The van der Waals surface area contributed by atoms with E-state index < -0.39 is 0 Å². The van der Waals surface area contributed by atoms with E-state index >= 15 is 0 Å². The number of para-hydroxylation sites is 1. The number of nitrogens with zero attached hydrogens (tertiary/aromatic N) is 2. The van der Waals surface area contributed by atoms with Crippen molar-refractivity contribution in [3.8, 4) is 11.5 Å². The number of nitrogens with two attached hydrogens (primary N) is 1.